The second-order valence-corrected chi connectivity index (χ2v) is 9.98. The molecule has 1 N–H and O–H groups in total. The summed E-state index contributed by atoms with van der Waals surface area (Å²) in [6.07, 6.45) is 2.04. The van der Waals surface area contributed by atoms with Crippen LogP contribution in [-0.4, -0.2) is 19.1 Å². The van der Waals surface area contributed by atoms with Crippen LogP contribution in [0, 0.1) is 0 Å². The zero-order valence-electron chi connectivity index (χ0n) is 14.9. The summed E-state index contributed by atoms with van der Waals surface area (Å²) in [6, 6.07) is 12.8. The number of carbonyl (C=O) groups is 1. The second-order valence-electron chi connectivity index (χ2n) is 6.88. The quantitative estimate of drug-likeness (QED) is 0.735. The Kier molecular flexibility index (Phi) is 5.84. The SMILES string of the molecule is CC(NC(=O)C1(S(=O)(=O)c2ccccc2)CCCC1)c1ccc(Cl)cc1Cl. The highest BCUT2D eigenvalue weighted by molar-refractivity contribution is 7.93. The van der Waals surface area contributed by atoms with Gasteiger partial charge < -0.3 is 5.32 Å². The lowest BCUT2D eigenvalue weighted by molar-refractivity contribution is -0.124. The number of halogens is 2. The molecule has 1 aliphatic carbocycles. The minimum atomic E-state index is -3.81. The van der Waals surface area contributed by atoms with E-state index < -0.39 is 26.5 Å². The Balaban J connectivity index is 1.92. The average molecular weight is 426 g/mol. The second kappa shape index (κ2) is 7.82. The van der Waals surface area contributed by atoms with E-state index in [9.17, 15) is 13.2 Å². The average Bonchev–Trinajstić information content (AvgIpc) is 3.14. The first kappa shape index (κ1) is 20.2. The van der Waals surface area contributed by atoms with Crippen molar-refractivity contribution in [2.24, 2.45) is 0 Å². The summed E-state index contributed by atoms with van der Waals surface area (Å²) < 4.78 is 25.2. The maximum absolute atomic E-state index is 13.3. The van der Waals surface area contributed by atoms with Crippen molar-refractivity contribution in [3.63, 3.8) is 0 Å². The largest absolute Gasteiger partial charge is 0.348 e. The Bertz CT molecular complexity index is 939. The molecule has 3 rings (SSSR count). The molecule has 0 spiro atoms. The highest BCUT2D eigenvalue weighted by Crippen LogP contribution is 2.41. The Morgan fingerprint density at radius 2 is 1.70 bits per heavy atom. The van der Waals surface area contributed by atoms with Gasteiger partial charge in [-0.05, 0) is 49.6 Å². The van der Waals surface area contributed by atoms with Crippen LogP contribution >= 0.6 is 23.2 Å². The van der Waals surface area contributed by atoms with Gasteiger partial charge in [-0.1, -0.05) is 60.3 Å². The zero-order valence-corrected chi connectivity index (χ0v) is 17.2. The van der Waals surface area contributed by atoms with Gasteiger partial charge in [0.05, 0.1) is 10.9 Å². The van der Waals surface area contributed by atoms with Crippen LogP contribution in [0.5, 0.6) is 0 Å². The van der Waals surface area contributed by atoms with Gasteiger partial charge in [-0.3, -0.25) is 4.79 Å². The van der Waals surface area contributed by atoms with Crippen molar-refractivity contribution in [1.82, 2.24) is 5.32 Å². The fraction of sp³-hybridized carbons (Fsp3) is 0.350. The maximum atomic E-state index is 13.3. The van der Waals surface area contributed by atoms with Gasteiger partial charge >= 0.3 is 0 Å². The molecule has 1 saturated carbocycles. The molecule has 0 saturated heterocycles. The number of amides is 1. The monoisotopic (exact) mass is 425 g/mol. The minimum absolute atomic E-state index is 0.180. The maximum Gasteiger partial charge on any atom is 0.242 e. The number of hydrogen-bond donors (Lipinski definition) is 1. The van der Waals surface area contributed by atoms with Gasteiger partial charge in [-0.25, -0.2) is 8.42 Å². The molecule has 1 amide bonds. The molecular formula is C20H21Cl2NO3S. The predicted octanol–water partition coefficient (Wildman–Crippen LogP) is 4.96. The molecule has 1 aliphatic rings. The van der Waals surface area contributed by atoms with Gasteiger partial charge in [-0.15, -0.1) is 0 Å². The van der Waals surface area contributed by atoms with Crippen LogP contribution in [0.4, 0.5) is 0 Å². The van der Waals surface area contributed by atoms with Crippen molar-refractivity contribution in [3.8, 4) is 0 Å². The van der Waals surface area contributed by atoms with Crippen molar-refractivity contribution in [2.45, 2.75) is 48.3 Å². The van der Waals surface area contributed by atoms with Crippen LogP contribution in [0.15, 0.2) is 53.4 Å². The number of rotatable bonds is 5. The lowest BCUT2D eigenvalue weighted by Crippen LogP contribution is -2.51. The van der Waals surface area contributed by atoms with Gasteiger partial charge in [0.15, 0.2) is 14.6 Å². The molecule has 0 radical (unpaired) electrons. The molecule has 4 nitrogen and oxygen atoms in total. The predicted molar refractivity (Wildman–Crippen MR) is 108 cm³/mol. The first-order valence-electron chi connectivity index (χ1n) is 8.83. The molecule has 0 bridgehead atoms. The van der Waals surface area contributed by atoms with Crippen molar-refractivity contribution >= 4 is 38.9 Å². The van der Waals surface area contributed by atoms with E-state index in [4.69, 9.17) is 23.2 Å². The molecule has 144 valence electrons. The smallest absolute Gasteiger partial charge is 0.242 e. The van der Waals surface area contributed by atoms with E-state index in [2.05, 4.69) is 5.32 Å². The highest BCUT2D eigenvalue weighted by atomic mass is 35.5. The minimum Gasteiger partial charge on any atom is -0.348 e. The van der Waals surface area contributed by atoms with Gasteiger partial charge in [-0.2, -0.15) is 0 Å². The summed E-state index contributed by atoms with van der Waals surface area (Å²) in [4.78, 5) is 13.4. The molecule has 0 heterocycles. The Labute approximate surface area is 169 Å². The Morgan fingerprint density at radius 3 is 2.30 bits per heavy atom. The number of benzene rings is 2. The number of sulfone groups is 1. The fourth-order valence-corrected chi connectivity index (χ4v) is 6.32. The standard InChI is InChI=1S/C20H21Cl2NO3S/c1-14(17-10-9-15(21)13-18(17)22)23-19(24)20(11-5-6-12-20)27(25,26)16-7-3-2-4-8-16/h2-4,7-10,13-14H,5-6,11-12H2,1H3,(H,23,24). The van der Waals surface area contributed by atoms with Crippen LogP contribution in [0.25, 0.3) is 0 Å². The van der Waals surface area contributed by atoms with Crippen molar-refractivity contribution < 1.29 is 13.2 Å². The zero-order chi connectivity index (χ0) is 19.7. The molecule has 1 atom stereocenters. The van der Waals surface area contributed by atoms with Crippen LogP contribution < -0.4 is 5.32 Å². The fourth-order valence-electron chi connectivity index (χ4n) is 3.65. The van der Waals surface area contributed by atoms with E-state index in [0.29, 0.717) is 41.3 Å². The van der Waals surface area contributed by atoms with Crippen molar-refractivity contribution in [1.29, 1.82) is 0 Å². The summed E-state index contributed by atoms with van der Waals surface area (Å²) in [5.41, 5.74) is 0.694. The van der Waals surface area contributed by atoms with E-state index in [1.807, 2.05) is 0 Å². The molecule has 2 aromatic carbocycles. The van der Waals surface area contributed by atoms with E-state index in [1.165, 1.54) is 0 Å². The summed E-state index contributed by atoms with van der Waals surface area (Å²) >= 11 is 12.2. The molecule has 0 aliphatic heterocycles. The Morgan fingerprint density at radius 1 is 1.07 bits per heavy atom. The van der Waals surface area contributed by atoms with E-state index >= 15 is 0 Å². The Hall–Kier alpha value is -1.56. The van der Waals surface area contributed by atoms with Gasteiger partial charge in [0, 0.05) is 10.0 Å². The lowest BCUT2D eigenvalue weighted by Gasteiger charge is -2.29. The van der Waals surface area contributed by atoms with Gasteiger partial charge in [0.1, 0.15) is 0 Å². The van der Waals surface area contributed by atoms with Crippen LogP contribution in [-0.2, 0) is 14.6 Å². The molecule has 1 unspecified atom stereocenters. The first-order chi connectivity index (χ1) is 12.8. The number of carbonyl (C=O) groups excluding carboxylic acids is 1. The van der Waals surface area contributed by atoms with Crippen molar-refractivity contribution in [3.05, 3.63) is 64.1 Å². The van der Waals surface area contributed by atoms with E-state index in [1.54, 1.807) is 55.5 Å². The third-order valence-electron chi connectivity index (χ3n) is 5.17. The molecule has 0 aromatic heterocycles. The van der Waals surface area contributed by atoms with Crippen LogP contribution in [0.1, 0.15) is 44.2 Å². The van der Waals surface area contributed by atoms with Gasteiger partial charge in [0.25, 0.3) is 0 Å². The third kappa shape index (κ3) is 3.73. The summed E-state index contributed by atoms with van der Waals surface area (Å²) in [6.45, 7) is 1.78. The van der Waals surface area contributed by atoms with Crippen LogP contribution in [0.3, 0.4) is 0 Å². The summed E-state index contributed by atoms with van der Waals surface area (Å²) in [5, 5.41) is 3.80. The normalized spacial score (nSPS) is 17.4. The number of hydrogen-bond acceptors (Lipinski definition) is 3. The van der Waals surface area contributed by atoms with Gasteiger partial charge in [0.2, 0.25) is 5.91 Å². The molecule has 27 heavy (non-hydrogen) atoms. The third-order valence-corrected chi connectivity index (χ3v) is 8.25. The number of nitrogens with one attached hydrogen (secondary N) is 1. The lowest BCUT2D eigenvalue weighted by atomic mass is 10.0. The summed E-state index contributed by atoms with van der Waals surface area (Å²) in [7, 11) is -3.81. The highest BCUT2D eigenvalue weighted by Gasteiger charge is 2.53. The summed E-state index contributed by atoms with van der Waals surface area (Å²) in [5.74, 6) is -0.470. The first-order valence-corrected chi connectivity index (χ1v) is 11.1. The topological polar surface area (TPSA) is 63.2 Å². The van der Waals surface area contributed by atoms with Crippen LogP contribution in [0.2, 0.25) is 10.0 Å². The molecule has 2 aromatic rings. The molecule has 1 fully saturated rings. The van der Waals surface area contributed by atoms with E-state index in [0.717, 1.165) is 0 Å². The van der Waals surface area contributed by atoms with Crippen molar-refractivity contribution in [2.75, 3.05) is 0 Å². The molecular weight excluding hydrogens is 405 g/mol. The van der Waals surface area contributed by atoms with E-state index in [-0.39, 0.29) is 4.90 Å². The molecule has 7 heteroatoms.